The number of rotatable bonds is 4. The Hall–Kier alpha value is -3.95. The maximum atomic E-state index is 10.2. The Kier molecular flexibility index (Phi) is 4.96. The minimum absolute atomic E-state index is 0.469. The normalized spacial score (nSPS) is 10.9. The average molecular weight is 438 g/mol. The van der Waals surface area contributed by atoms with E-state index in [9.17, 15) is 5.26 Å². The Morgan fingerprint density at radius 3 is 2.34 bits per heavy atom. The summed E-state index contributed by atoms with van der Waals surface area (Å²) in [5, 5.41) is 11.1. The number of ether oxygens (including phenoxy) is 1. The number of aromatic amines is 1. The lowest BCUT2D eigenvalue weighted by molar-refractivity contribution is 0.415. The topological polar surface area (TPSA) is 74.8 Å². The van der Waals surface area contributed by atoms with E-state index in [0.29, 0.717) is 22.7 Å². The Labute approximate surface area is 190 Å². The molecule has 5 rings (SSSR count). The van der Waals surface area contributed by atoms with Crippen LogP contribution in [0.5, 0.6) is 5.75 Å². The van der Waals surface area contributed by atoms with Gasteiger partial charge in [-0.15, -0.1) is 12.6 Å². The van der Waals surface area contributed by atoms with Crippen LogP contribution in [0.4, 0.5) is 0 Å². The molecule has 156 valence electrons. The molecule has 32 heavy (non-hydrogen) atoms. The molecule has 0 atom stereocenters. The Balaban J connectivity index is 1.74. The van der Waals surface area contributed by atoms with Crippen molar-refractivity contribution in [1.29, 1.82) is 5.26 Å². The lowest BCUT2D eigenvalue weighted by atomic mass is 9.96. The summed E-state index contributed by atoms with van der Waals surface area (Å²) < 4.78 is 11.5. The van der Waals surface area contributed by atoms with E-state index in [1.54, 1.807) is 7.11 Å². The van der Waals surface area contributed by atoms with Crippen LogP contribution in [-0.2, 0) is 0 Å². The maximum Gasteiger partial charge on any atom is 0.139 e. The number of thiol groups is 1. The fourth-order valence-corrected chi connectivity index (χ4v) is 4.04. The number of nitrogens with one attached hydrogen (secondary N) is 1. The van der Waals surface area contributed by atoms with Gasteiger partial charge in [-0.05, 0) is 61.0 Å². The van der Waals surface area contributed by atoms with E-state index in [-0.39, 0.29) is 0 Å². The van der Waals surface area contributed by atoms with Crippen LogP contribution < -0.4 is 4.74 Å². The van der Waals surface area contributed by atoms with E-state index in [2.05, 4.69) is 23.7 Å². The molecule has 0 fully saturated rings. The number of hydrogen-bond donors (Lipinski definition) is 2. The van der Waals surface area contributed by atoms with Gasteiger partial charge in [-0.2, -0.15) is 5.26 Å². The van der Waals surface area contributed by atoms with Crippen LogP contribution in [0.2, 0.25) is 0 Å². The molecule has 1 N–H and O–H groups in total. The van der Waals surface area contributed by atoms with E-state index >= 15 is 0 Å². The number of benzene rings is 2. The summed E-state index contributed by atoms with van der Waals surface area (Å²) in [5.41, 5.74) is 5.28. The molecule has 0 saturated heterocycles. The van der Waals surface area contributed by atoms with Crippen molar-refractivity contribution in [1.82, 2.24) is 9.97 Å². The summed E-state index contributed by atoms with van der Waals surface area (Å²) in [4.78, 5) is 8.90. The van der Waals surface area contributed by atoms with Gasteiger partial charge in [0, 0.05) is 33.2 Å². The lowest BCUT2D eigenvalue weighted by Crippen LogP contribution is -1.96. The highest BCUT2D eigenvalue weighted by Crippen LogP contribution is 2.40. The molecule has 0 amide bonds. The van der Waals surface area contributed by atoms with Crippen molar-refractivity contribution in [3.8, 4) is 45.7 Å². The van der Waals surface area contributed by atoms with Gasteiger partial charge < -0.3 is 14.1 Å². The highest BCUT2D eigenvalue weighted by atomic mass is 32.1. The third-order valence-corrected chi connectivity index (χ3v) is 5.79. The number of pyridine rings is 1. The summed E-state index contributed by atoms with van der Waals surface area (Å²) in [5.74, 6) is 2.09. The first-order valence-corrected chi connectivity index (χ1v) is 10.5. The number of methoxy groups -OCH3 is 1. The molecule has 0 bridgehead atoms. The van der Waals surface area contributed by atoms with E-state index in [1.807, 2.05) is 73.8 Å². The SMILES string of the molecule is COc1ccc(-c2nc3[nH]cc(C)c3c(-c3ccc(-c4ccc(S)cc4)o3)c2C#N)cc1. The van der Waals surface area contributed by atoms with Crippen LogP contribution in [0.3, 0.4) is 0 Å². The molecule has 0 radical (unpaired) electrons. The Morgan fingerprint density at radius 2 is 1.66 bits per heavy atom. The van der Waals surface area contributed by atoms with E-state index < -0.39 is 0 Å². The quantitative estimate of drug-likeness (QED) is 0.309. The second kappa shape index (κ2) is 7.95. The number of aromatic nitrogens is 2. The predicted octanol–water partition coefficient (Wildman–Crippen LogP) is 6.63. The second-order valence-electron chi connectivity index (χ2n) is 7.46. The number of hydrogen-bond acceptors (Lipinski definition) is 5. The van der Waals surface area contributed by atoms with Gasteiger partial charge in [-0.25, -0.2) is 4.98 Å². The third-order valence-electron chi connectivity index (χ3n) is 5.50. The Bertz CT molecular complexity index is 1470. The molecule has 0 aliphatic heterocycles. The summed E-state index contributed by atoms with van der Waals surface area (Å²) in [6.45, 7) is 1.99. The molecule has 5 nitrogen and oxygen atoms in total. The predicted molar refractivity (Wildman–Crippen MR) is 128 cm³/mol. The van der Waals surface area contributed by atoms with Crippen LogP contribution in [0.15, 0.2) is 76.2 Å². The third kappa shape index (κ3) is 3.33. The zero-order valence-corrected chi connectivity index (χ0v) is 18.4. The monoisotopic (exact) mass is 437 g/mol. The molecule has 5 aromatic rings. The highest BCUT2D eigenvalue weighted by Gasteiger charge is 2.22. The first kappa shape index (κ1) is 20.0. The van der Waals surface area contributed by atoms with Crippen molar-refractivity contribution >= 4 is 23.7 Å². The van der Waals surface area contributed by atoms with Crippen molar-refractivity contribution in [2.75, 3.05) is 7.11 Å². The number of nitrogens with zero attached hydrogens (tertiary/aromatic N) is 2. The van der Waals surface area contributed by atoms with Crippen LogP contribution >= 0.6 is 12.6 Å². The fraction of sp³-hybridized carbons (Fsp3) is 0.0769. The number of aryl methyl sites for hydroxylation is 1. The van der Waals surface area contributed by atoms with Gasteiger partial charge in [-0.1, -0.05) is 12.1 Å². The van der Waals surface area contributed by atoms with Crippen molar-refractivity contribution in [3.63, 3.8) is 0 Å². The Morgan fingerprint density at radius 1 is 0.969 bits per heavy atom. The summed E-state index contributed by atoms with van der Waals surface area (Å²) >= 11 is 4.35. The molecule has 0 aliphatic carbocycles. The standard InChI is InChI=1S/C26H19N3O2S/c1-15-14-28-26-23(15)24(22-12-11-21(31-22)16-5-9-19(32)10-6-16)20(13-27)25(29-26)17-3-7-18(30-2)8-4-17/h3-12,14,32H,1-2H3,(H,28,29). The van der Waals surface area contributed by atoms with Gasteiger partial charge >= 0.3 is 0 Å². The van der Waals surface area contributed by atoms with Gasteiger partial charge in [0.15, 0.2) is 0 Å². The summed E-state index contributed by atoms with van der Waals surface area (Å²) in [6.07, 6.45) is 1.90. The number of furan rings is 1. The van der Waals surface area contributed by atoms with Gasteiger partial charge in [0.1, 0.15) is 29.0 Å². The van der Waals surface area contributed by atoms with E-state index in [0.717, 1.165) is 44.0 Å². The molecule has 2 aromatic carbocycles. The fourth-order valence-electron chi connectivity index (χ4n) is 3.89. The van der Waals surface area contributed by atoms with Crippen molar-refractivity contribution < 1.29 is 9.15 Å². The number of nitriles is 1. The van der Waals surface area contributed by atoms with Crippen LogP contribution in [0.25, 0.3) is 44.9 Å². The van der Waals surface area contributed by atoms with Gasteiger partial charge in [0.2, 0.25) is 0 Å². The van der Waals surface area contributed by atoms with Crippen LogP contribution in [-0.4, -0.2) is 17.1 Å². The van der Waals surface area contributed by atoms with Gasteiger partial charge in [-0.3, -0.25) is 0 Å². The molecule has 6 heteroatoms. The summed E-state index contributed by atoms with van der Waals surface area (Å²) in [6, 6.07) is 21.5. The van der Waals surface area contributed by atoms with Crippen LogP contribution in [0.1, 0.15) is 11.1 Å². The van der Waals surface area contributed by atoms with Crippen molar-refractivity contribution in [3.05, 3.63) is 78.0 Å². The number of fused-ring (bicyclic) bond motifs is 1. The lowest BCUT2D eigenvalue weighted by Gasteiger charge is -2.11. The zero-order chi connectivity index (χ0) is 22.2. The van der Waals surface area contributed by atoms with Crippen molar-refractivity contribution in [2.45, 2.75) is 11.8 Å². The van der Waals surface area contributed by atoms with Crippen LogP contribution in [0, 0.1) is 18.3 Å². The minimum Gasteiger partial charge on any atom is -0.497 e. The van der Waals surface area contributed by atoms with Gasteiger partial charge in [0.05, 0.1) is 18.4 Å². The molecule has 0 unspecified atom stereocenters. The molecule has 0 spiro atoms. The summed E-state index contributed by atoms with van der Waals surface area (Å²) in [7, 11) is 1.62. The van der Waals surface area contributed by atoms with Gasteiger partial charge in [0.25, 0.3) is 0 Å². The molecule has 3 aromatic heterocycles. The smallest absolute Gasteiger partial charge is 0.139 e. The number of H-pyrrole nitrogens is 1. The average Bonchev–Trinajstić information content (AvgIpc) is 3.46. The minimum atomic E-state index is 0.469. The molecule has 0 aliphatic rings. The first-order chi connectivity index (χ1) is 15.6. The van der Waals surface area contributed by atoms with Crippen molar-refractivity contribution in [2.24, 2.45) is 0 Å². The highest BCUT2D eigenvalue weighted by molar-refractivity contribution is 7.80. The second-order valence-corrected chi connectivity index (χ2v) is 7.97. The molecular formula is C26H19N3O2S. The molecule has 0 saturated carbocycles. The maximum absolute atomic E-state index is 10.2. The zero-order valence-electron chi connectivity index (χ0n) is 17.5. The van der Waals surface area contributed by atoms with E-state index in [4.69, 9.17) is 14.1 Å². The largest absolute Gasteiger partial charge is 0.497 e. The van der Waals surface area contributed by atoms with E-state index in [1.165, 1.54) is 0 Å². The molecule has 3 heterocycles. The first-order valence-electron chi connectivity index (χ1n) is 10.0. The molecular weight excluding hydrogens is 418 g/mol.